The monoisotopic (exact) mass is 287 g/mol. The number of aromatic nitrogens is 2. The molecule has 4 nitrogen and oxygen atoms in total. The van der Waals surface area contributed by atoms with Gasteiger partial charge in [0.25, 0.3) is 0 Å². The summed E-state index contributed by atoms with van der Waals surface area (Å²) in [6.07, 6.45) is 3.64. The van der Waals surface area contributed by atoms with E-state index in [1.807, 2.05) is 36.7 Å². The summed E-state index contributed by atoms with van der Waals surface area (Å²) in [5.74, 6) is 0.792. The van der Waals surface area contributed by atoms with Crippen molar-refractivity contribution in [3.05, 3.63) is 29.0 Å². The fourth-order valence-corrected chi connectivity index (χ4v) is 1.91. The van der Waals surface area contributed by atoms with Gasteiger partial charge in [0.2, 0.25) is 0 Å². The maximum absolute atomic E-state index is 5.57. The number of hydrogen-bond acceptors (Lipinski definition) is 4. The number of rotatable bonds is 3. The van der Waals surface area contributed by atoms with Crippen LogP contribution in [-0.4, -0.2) is 28.0 Å². The Labute approximate surface area is 101 Å². The van der Waals surface area contributed by atoms with Crippen molar-refractivity contribution >= 4 is 33.7 Å². The third kappa shape index (κ3) is 2.45. The molecule has 0 aliphatic carbocycles. The second-order valence-electron chi connectivity index (χ2n) is 3.15. The van der Waals surface area contributed by atoms with E-state index < -0.39 is 0 Å². The molecule has 0 aliphatic heterocycles. The summed E-state index contributed by atoms with van der Waals surface area (Å²) in [6, 6.07) is 3.84. The first-order valence-corrected chi connectivity index (χ1v) is 5.81. The second kappa shape index (κ2) is 4.42. The third-order valence-electron chi connectivity index (χ3n) is 1.71. The molecule has 0 aliphatic rings. The van der Waals surface area contributed by atoms with E-state index in [1.54, 1.807) is 10.7 Å². The van der Waals surface area contributed by atoms with Crippen LogP contribution in [0.25, 0.3) is 5.52 Å². The molecule has 0 aromatic carbocycles. The molecule has 0 amide bonds. The van der Waals surface area contributed by atoms with Gasteiger partial charge in [-0.1, -0.05) is 0 Å². The van der Waals surface area contributed by atoms with Crippen molar-refractivity contribution in [1.82, 2.24) is 13.9 Å². The Morgan fingerprint density at radius 3 is 3.07 bits per heavy atom. The summed E-state index contributed by atoms with van der Waals surface area (Å²) in [5, 5.41) is 4.15. The molecular formula is C9H10BrN3OS. The summed E-state index contributed by atoms with van der Waals surface area (Å²) >= 11 is 4.69. The van der Waals surface area contributed by atoms with E-state index in [0.29, 0.717) is 0 Å². The summed E-state index contributed by atoms with van der Waals surface area (Å²) in [4.78, 5) is 0. The highest BCUT2D eigenvalue weighted by molar-refractivity contribution is 9.10. The Bertz CT molecular complexity index is 471. The molecule has 15 heavy (non-hydrogen) atoms. The van der Waals surface area contributed by atoms with E-state index in [4.69, 9.17) is 4.18 Å². The first-order chi connectivity index (χ1) is 7.16. The minimum absolute atomic E-state index is 0.792. The first kappa shape index (κ1) is 10.8. The molecule has 2 heterocycles. The van der Waals surface area contributed by atoms with E-state index in [2.05, 4.69) is 21.0 Å². The van der Waals surface area contributed by atoms with Crippen LogP contribution in [0.5, 0.6) is 5.75 Å². The lowest BCUT2D eigenvalue weighted by Gasteiger charge is -2.09. The van der Waals surface area contributed by atoms with Gasteiger partial charge in [-0.25, -0.2) is 8.82 Å². The predicted molar refractivity (Wildman–Crippen MR) is 64.8 cm³/mol. The molecule has 0 radical (unpaired) electrons. The van der Waals surface area contributed by atoms with Crippen molar-refractivity contribution in [1.29, 1.82) is 0 Å². The Morgan fingerprint density at radius 2 is 2.33 bits per heavy atom. The maximum atomic E-state index is 5.57. The van der Waals surface area contributed by atoms with E-state index in [9.17, 15) is 0 Å². The zero-order valence-corrected chi connectivity index (χ0v) is 10.7. The molecular weight excluding hydrogens is 278 g/mol. The lowest BCUT2D eigenvalue weighted by Crippen LogP contribution is -2.02. The highest BCUT2D eigenvalue weighted by Crippen LogP contribution is 2.27. The van der Waals surface area contributed by atoms with Crippen LogP contribution in [-0.2, 0) is 0 Å². The molecule has 0 unspecified atom stereocenters. The van der Waals surface area contributed by atoms with Gasteiger partial charge in [-0.05, 0) is 28.1 Å². The number of nitrogens with zero attached hydrogens (tertiary/aromatic N) is 3. The van der Waals surface area contributed by atoms with E-state index in [-0.39, 0.29) is 0 Å². The van der Waals surface area contributed by atoms with Crippen LogP contribution in [0, 0.1) is 0 Å². The lowest BCUT2D eigenvalue weighted by molar-refractivity contribution is 0.576. The Hall–Kier alpha value is -0.720. The third-order valence-corrected chi connectivity index (χ3v) is 2.70. The van der Waals surface area contributed by atoms with Gasteiger partial charge in [0, 0.05) is 24.8 Å². The zero-order valence-electron chi connectivity index (χ0n) is 8.35. The van der Waals surface area contributed by atoms with E-state index in [1.165, 1.54) is 12.2 Å². The van der Waals surface area contributed by atoms with Crippen molar-refractivity contribution < 1.29 is 4.18 Å². The molecule has 80 valence electrons. The Kier molecular flexibility index (Phi) is 3.18. The van der Waals surface area contributed by atoms with E-state index >= 15 is 0 Å². The summed E-state index contributed by atoms with van der Waals surface area (Å²) in [5.41, 5.74) is 0.951. The number of pyridine rings is 1. The summed E-state index contributed by atoms with van der Waals surface area (Å²) < 4.78 is 10.2. The molecule has 0 fully saturated rings. The minimum atomic E-state index is 0.792. The van der Waals surface area contributed by atoms with Crippen LogP contribution in [0.2, 0.25) is 0 Å². The predicted octanol–water partition coefficient (Wildman–Crippen LogP) is 2.60. The maximum Gasteiger partial charge on any atom is 0.166 e. The quantitative estimate of drug-likeness (QED) is 0.641. The fraction of sp³-hybridized carbons (Fsp3) is 0.222. The van der Waals surface area contributed by atoms with Crippen molar-refractivity contribution in [2.45, 2.75) is 0 Å². The molecule has 2 rings (SSSR count). The molecule has 6 heteroatoms. The second-order valence-corrected chi connectivity index (χ2v) is 5.12. The SMILES string of the molecule is CN(C)SOc1cc(Br)cn2nccc12. The molecule has 0 spiro atoms. The Balaban J connectivity index is 2.35. The van der Waals surface area contributed by atoms with Crippen molar-refractivity contribution in [2.75, 3.05) is 14.1 Å². The van der Waals surface area contributed by atoms with Gasteiger partial charge in [0.1, 0.15) is 17.7 Å². The largest absolute Gasteiger partial charge is 0.407 e. The topological polar surface area (TPSA) is 29.8 Å². The van der Waals surface area contributed by atoms with Crippen molar-refractivity contribution in [2.24, 2.45) is 0 Å². The van der Waals surface area contributed by atoms with Crippen molar-refractivity contribution in [3.63, 3.8) is 0 Å². The average Bonchev–Trinajstić information content (AvgIpc) is 2.61. The van der Waals surface area contributed by atoms with Gasteiger partial charge in [-0.3, -0.25) is 0 Å². The molecule has 0 saturated heterocycles. The normalized spacial score (nSPS) is 11.2. The van der Waals surface area contributed by atoms with Crippen LogP contribution >= 0.6 is 28.2 Å². The first-order valence-electron chi connectivity index (χ1n) is 4.31. The lowest BCUT2D eigenvalue weighted by atomic mass is 10.4. The number of halogens is 1. The van der Waals surface area contributed by atoms with Gasteiger partial charge in [-0.15, -0.1) is 0 Å². The Morgan fingerprint density at radius 1 is 1.53 bits per heavy atom. The van der Waals surface area contributed by atoms with Gasteiger partial charge in [-0.2, -0.15) is 5.10 Å². The smallest absolute Gasteiger partial charge is 0.166 e. The molecule has 2 aromatic rings. The summed E-state index contributed by atoms with van der Waals surface area (Å²) in [6.45, 7) is 0. The van der Waals surface area contributed by atoms with Gasteiger partial charge in [0.15, 0.2) is 5.75 Å². The molecule has 0 bridgehead atoms. The van der Waals surface area contributed by atoms with Gasteiger partial charge >= 0.3 is 0 Å². The number of hydrogen-bond donors (Lipinski definition) is 0. The molecule has 0 N–H and O–H groups in total. The standard InChI is InChI=1S/C9H10BrN3OS/c1-12(2)15-14-9-5-7(10)6-13-8(9)3-4-11-13/h3-6H,1-2H3. The number of fused-ring (bicyclic) bond motifs is 1. The van der Waals surface area contributed by atoms with Gasteiger partial charge in [0.05, 0.1) is 6.20 Å². The molecule has 0 atom stereocenters. The van der Waals surface area contributed by atoms with Crippen LogP contribution in [0.3, 0.4) is 0 Å². The average molecular weight is 288 g/mol. The van der Waals surface area contributed by atoms with Gasteiger partial charge < -0.3 is 4.18 Å². The zero-order chi connectivity index (χ0) is 10.8. The summed E-state index contributed by atoms with van der Waals surface area (Å²) in [7, 11) is 3.85. The molecule has 2 aromatic heterocycles. The highest BCUT2D eigenvalue weighted by Gasteiger charge is 2.06. The van der Waals surface area contributed by atoms with Crippen LogP contribution < -0.4 is 4.18 Å². The van der Waals surface area contributed by atoms with E-state index in [0.717, 1.165) is 15.7 Å². The molecule has 0 saturated carbocycles. The minimum Gasteiger partial charge on any atom is -0.407 e. The van der Waals surface area contributed by atoms with Crippen LogP contribution in [0.15, 0.2) is 29.0 Å². The highest BCUT2D eigenvalue weighted by atomic mass is 79.9. The van der Waals surface area contributed by atoms with Crippen LogP contribution in [0.4, 0.5) is 0 Å². The van der Waals surface area contributed by atoms with Crippen molar-refractivity contribution in [3.8, 4) is 5.75 Å². The fourth-order valence-electron chi connectivity index (χ4n) is 1.15. The van der Waals surface area contributed by atoms with Crippen LogP contribution in [0.1, 0.15) is 0 Å².